The molecular formula is C16H32N2O2. The van der Waals surface area contributed by atoms with Crippen LogP contribution >= 0.6 is 0 Å². The van der Waals surface area contributed by atoms with Crippen molar-refractivity contribution in [1.82, 2.24) is 4.90 Å². The first kappa shape index (κ1) is 17.4. The van der Waals surface area contributed by atoms with Crippen LogP contribution in [0.4, 0.5) is 0 Å². The third-order valence-electron chi connectivity index (χ3n) is 4.76. The van der Waals surface area contributed by atoms with Crippen LogP contribution in [0, 0.1) is 11.8 Å². The summed E-state index contributed by atoms with van der Waals surface area (Å²) < 4.78 is 4.73. The zero-order chi connectivity index (χ0) is 15.3. The average Bonchev–Trinajstić information content (AvgIpc) is 2.38. The minimum absolute atomic E-state index is 0.314. The molecule has 4 heteroatoms. The lowest BCUT2D eigenvalue weighted by atomic mass is 9.86. The van der Waals surface area contributed by atoms with Gasteiger partial charge in [0, 0.05) is 12.6 Å². The van der Waals surface area contributed by atoms with E-state index in [4.69, 9.17) is 10.5 Å². The molecule has 0 amide bonds. The summed E-state index contributed by atoms with van der Waals surface area (Å²) in [6.45, 7) is 11.1. The Morgan fingerprint density at radius 3 is 2.60 bits per heavy atom. The summed E-state index contributed by atoms with van der Waals surface area (Å²) in [4.78, 5) is 14.1. The van der Waals surface area contributed by atoms with Crippen LogP contribution in [0.5, 0.6) is 0 Å². The number of ether oxygens (including phenoxy) is 1. The average molecular weight is 284 g/mol. The van der Waals surface area contributed by atoms with E-state index in [1.165, 1.54) is 20.1 Å². The van der Waals surface area contributed by atoms with Crippen LogP contribution in [0.25, 0.3) is 0 Å². The zero-order valence-electron chi connectivity index (χ0n) is 13.8. The van der Waals surface area contributed by atoms with Gasteiger partial charge in [-0.2, -0.15) is 0 Å². The highest BCUT2D eigenvalue weighted by molar-refractivity contribution is 5.79. The Morgan fingerprint density at radius 2 is 2.00 bits per heavy atom. The smallest absolute Gasteiger partial charge is 0.325 e. The number of unbranched alkanes of at least 4 members (excludes halogenated alkanes) is 1. The van der Waals surface area contributed by atoms with Gasteiger partial charge in [-0.05, 0) is 57.9 Å². The Balaban J connectivity index is 2.32. The van der Waals surface area contributed by atoms with Crippen LogP contribution in [-0.2, 0) is 9.53 Å². The fraction of sp³-hybridized carbons (Fsp3) is 0.938. The van der Waals surface area contributed by atoms with E-state index in [1.54, 1.807) is 6.92 Å². The summed E-state index contributed by atoms with van der Waals surface area (Å²) in [6, 6.07) is 0.663. The lowest BCUT2D eigenvalue weighted by Gasteiger charge is -2.41. The number of methoxy groups -OCH3 is 1. The van der Waals surface area contributed by atoms with Crippen molar-refractivity contribution in [3.05, 3.63) is 0 Å². The van der Waals surface area contributed by atoms with Gasteiger partial charge >= 0.3 is 5.97 Å². The molecule has 4 atom stereocenters. The molecule has 0 radical (unpaired) electrons. The van der Waals surface area contributed by atoms with Crippen molar-refractivity contribution in [3.63, 3.8) is 0 Å². The molecule has 0 saturated carbocycles. The van der Waals surface area contributed by atoms with Crippen molar-refractivity contribution < 1.29 is 9.53 Å². The largest absolute Gasteiger partial charge is 0.468 e. The number of piperidine rings is 1. The van der Waals surface area contributed by atoms with Gasteiger partial charge in [0.2, 0.25) is 0 Å². The highest BCUT2D eigenvalue weighted by Crippen LogP contribution is 2.27. The van der Waals surface area contributed by atoms with Gasteiger partial charge in [0.15, 0.2) is 0 Å². The molecular weight excluding hydrogens is 252 g/mol. The Morgan fingerprint density at radius 1 is 1.35 bits per heavy atom. The number of rotatable bonds is 6. The van der Waals surface area contributed by atoms with Crippen LogP contribution < -0.4 is 5.73 Å². The molecule has 1 saturated heterocycles. The van der Waals surface area contributed by atoms with E-state index in [2.05, 4.69) is 25.7 Å². The van der Waals surface area contributed by atoms with Gasteiger partial charge in [-0.25, -0.2) is 0 Å². The molecule has 1 rings (SSSR count). The normalized spacial score (nSPS) is 30.8. The van der Waals surface area contributed by atoms with Gasteiger partial charge in [-0.3, -0.25) is 4.79 Å². The molecule has 1 aliphatic rings. The van der Waals surface area contributed by atoms with E-state index >= 15 is 0 Å². The summed E-state index contributed by atoms with van der Waals surface area (Å²) >= 11 is 0. The summed E-state index contributed by atoms with van der Waals surface area (Å²) in [6.07, 6.45) is 4.08. The second-order valence-electron chi connectivity index (χ2n) is 6.92. The molecule has 118 valence electrons. The fourth-order valence-electron chi connectivity index (χ4n) is 3.27. The summed E-state index contributed by atoms with van der Waals surface area (Å²) in [5.41, 5.74) is 5.13. The number of carbonyl (C=O) groups excluding carboxylic acids is 1. The molecule has 0 aromatic carbocycles. The van der Waals surface area contributed by atoms with Crippen LogP contribution in [-0.4, -0.2) is 42.6 Å². The van der Waals surface area contributed by atoms with Gasteiger partial charge in [0.05, 0.1) is 7.11 Å². The second-order valence-corrected chi connectivity index (χ2v) is 6.92. The Bertz CT molecular complexity index is 318. The first-order valence-corrected chi connectivity index (χ1v) is 7.89. The van der Waals surface area contributed by atoms with Crippen molar-refractivity contribution in [3.8, 4) is 0 Å². The molecule has 4 nitrogen and oxygen atoms in total. The van der Waals surface area contributed by atoms with E-state index in [9.17, 15) is 4.79 Å². The van der Waals surface area contributed by atoms with Crippen LogP contribution in [0.3, 0.4) is 0 Å². The first-order valence-electron chi connectivity index (χ1n) is 7.89. The summed E-state index contributed by atoms with van der Waals surface area (Å²) in [5, 5.41) is 0. The van der Waals surface area contributed by atoms with Gasteiger partial charge < -0.3 is 15.4 Å². The van der Waals surface area contributed by atoms with Crippen LogP contribution in [0.15, 0.2) is 0 Å². The standard InChI is InChI=1S/C16H32N2O2/c1-12-10-13(2)14(3)18(11-12)9-7-6-8-16(4,17)15(19)20-5/h12-14H,6-11,17H2,1-5H3. The van der Waals surface area contributed by atoms with E-state index in [0.29, 0.717) is 12.5 Å². The molecule has 0 spiro atoms. The van der Waals surface area contributed by atoms with E-state index in [1.807, 2.05) is 0 Å². The Kier molecular flexibility index (Phi) is 6.46. The lowest BCUT2D eigenvalue weighted by Crippen LogP contribution is -2.47. The number of nitrogens with two attached hydrogens (primary N) is 1. The molecule has 0 aromatic rings. The molecule has 4 unspecified atom stereocenters. The number of nitrogens with zero attached hydrogens (tertiary/aromatic N) is 1. The first-order chi connectivity index (χ1) is 9.27. The van der Waals surface area contributed by atoms with Gasteiger partial charge in [-0.1, -0.05) is 13.8 Å². The fourth-order valence-corrected chi connectivity index (χ4v) is 3.27. The van der Waals surface area contributed by atoms with Gasteiger partial charge in [-0.15, -0.1) is 0 Å². The van der Waals surface area contributed by atoms with Crippen LogP contribution in [0.2, 0.25) is 0 Å². The monoisotopic (exact) mass is 284 g/mol. The lowest BCUT2D eigenvalue weighted by molar-refractivity contribution is -0.146. The number of hydrogen-bond donors (Lipinski definition) is 1. The van der Waals surface area contributed by atoms with Crippen LogP contribution in [0.1, 0.15) is 53.4 Å². The van der Waals surface area contributed by atoms with E-state index in [0.717, 1.165) is 31.2 Å². The highest BCUT2D eigenvalue weighted by atomic mass is 16.5. The Hall–Kier alpha value is -0.610. The second kappa shape index (κ2) is 7.41. The third-order valence-corrected chi connectivity index (χ3v) is 4.76. The minimum Gasteiger partial charge on any atom is -0.468 e. The maximum atomic E-state index is 11.5. The highest BCUT2D eigenvalue weighted by Gasteiger charge is 2.30. The molecule has 1 heterocycles. The van der Waals surface area contributed by atoms with Crippen molar-refractivity contribution >= 4 is 5.97 Å². The molecule has 1 aliphatic heterocycles. The Labute approximate surface area is 124 Å². The molecule has 0 bridgehead atoms. The predicted molar refractivity (Wildman–Crippen MR) is 82.4 cm³/mol. The van der Waals surface area contributed by atoms with Crippen molar-refractivity contribution in [2.75, 3.05) is 20.2 Å². The predicted octanol–water partition coefficient (Wildman–Crippen LogP) is 2.41. The molecule has 0 aliphatic carbocycles. The summed E-state index contributed by atoms with van der Waals surface area (Å²) in [7, 11) is 1.39. The zero-order valence-corrected chi connectivity index (χ0v) is 13.8. The van der Waals surface area contributed by atoms with Gasteiger partial charge in [0.1, 0.15) is 5.54 Å². The third kappa shape index (κ3) is 4.74. The number of hydrogen-bond acceptors (Lipinski definition) is 4. The quantitative estimate of drug-likeness (QED) is 0.601. The molecule has 1 fully saturated rings. The number of carbonyl (C=O) groups is 1. The minimum atomic E-state index is -0.844. The topological polar surface area (TPSA) is 55.6 Å². The molecule has 2 N–H and O–H groups in total. The van der Waals surface area contributed by atoms with E-state index in [-0.39, 0.29) is 5.97 Å². The van der Waals surface area contributed by atoms with Gasteiger partial charge in [0.25, 0.3) is 0 Å². The van der Waals surface area contributed by atoms with Crippen molar-refractivity contribution in [2.24, 2.45) is 17.6 Å². The molecule has 20 heavy (non-hydrogen) atoms. The number of likely N-dealkylation sites (tertiary alicyclic amines) is 1. The summed E-state index contributed by atoms with van der Waals surface area (Å²) in [5.74, 6) is 1.25. The van der Waals surface area contributed by atoms with Crippen molar-refractivity contribution in [1.29, 1.82) is 0 Å². The van der Waals surface area contributed by atoms with E-state index < -0.39 is 5.54 Å². The maximum absolute atomic E-state index is 11.5. The molecule has 0 aromatic heterocycles. The SMILES string of the molecule is COC(=O)C(C)(N)CCCCN1CC(C)CC(C)C1C. The maximum Gasteiger partial charge on any atom is 0.325 e. The number of esters is 1. The van der Waals surface area contributed by atoms with Crippen molar-refractivity contribution in [2.45, 2.75) is 65.0 Å².